The standard InChI is InChI=1S/C23H27N2O6/c1-23(2,3)19(26)13-24-16-10-8-7-9-15(16)21(27)25(22(24)28)14-11-17(29-4)20(31-6)18(12-14)30-5/h7-12,15H,13H2,1-6H3/q+1. The van der Waals surface area contributed by atoms with Gasteiger partial charge in [0, 0.05) is 17.5 Å². The molecule has 1 atom stereocenters. The second-order valence-corrected chi connectivity index (χ2v) is 8.25. The third kappa shape index (κ3) is 3.97. The van der Waals surface area contributed by atoms with Crippen LogP contribution in [-0.2, 0) is 9.59 Å². The number of carbonyl (C=O) groups excluding carboxylic acids is 3. The average molecular weight is 427 g/mol. The number of benzene rings is 1. The summed E-state index contributed by atoms with van der Waals surface area (Å²) in [6.07, 6.45) is 6.90. The number of nitrogens with zero attached hydrogens (tertiary/aromatic N) is 2. The Kier molecular flexibility index (Phi) is 6.01. The summed E-state index contributed by atoms with van der Waals surface area (Å²) in [7, 11) is 4.38. The molecule has 1 heterocycles. The number of imide groups is 1. The molecule has 164 valence electrons. The highest BCUT2D eigenvalue weighted by Crippen LogP contribution is 2.42. The van der Waals surface area contributed by atoms with E-state index in [0.717, 1.165) is 4.90 Å². The van der Waals surface area contributed by atoms with Gasteiger partial charge in [-0.25, -0.2) is 4.79 Å². The zero-order valence-corrected chi connectivity index (χ0v) is 18.6. The van der Waals surface area contributed by atoms with E-state index in [1.807, 2.05) is 0 Å². The minimum absolute atomic E-state index is 0.116. The quantitative estimate of drug-likeness (QED) is 0.649. The molecule has 0 spiro atoms. The molecule has 8 heteroatoms. The van der Waals surface area contributed by atoms with Gasteiger partial charge in [-0.05, 0) is 6.08 Å². The van der Waals surface area contributed by atoms with Gasteiger partial charge in [-0.15, -0.1) is 4.90 Å². The topological polar surface area (TPSA) is 85.2 Å². The molecule has 1 aromatic rings. The van der Waals surface area contributed by atoms with Crippen LogP contribution >= 0.6 is 0 Å². The van der Waals surface area contributed by atoms with Crippen molar-refractivity contribution in [2.45, 2.75) is 20.8 Å². The highest BCUT2D eigenvalue weighted by molar-refractivity contribution is 6.26. The van der Waals surface area contributed by atoms with Crippen LogP contribution in [0.25, 0.3) is 0 Å². The van der Waals surface area contributed by atoms with Crippen LogP contribution in [0.15, 0.2) is 36.4 Å². The van der Waals surface area contributed by atoms with Gasteiger partial charge in [0.2, 0.25) is 5.75 Å². The second kappa shape index (κ2) is 8.37. The van der Waals surface area contributed by atoms with Gasteiger partial charge in [0.05, 0.1) is 21.3 Å². The Morgan fingerprint density at radius 3 is 2.16 bits per heavy atom. The fourth-order valence-corrected chi connectivity index (χ4v) is 3.44. The highest BCUT2D eigenvalue weighted by Gasteiger charge is 2.49. The third-order valence-electron chi connectivity index (χ3n) is 5.27. The fourth-order valence-electron chi connectivity index (χ4n) is 3.44. The van der Waals surface area contributed by atoms with Crippen molar-refractivity contribution in [3.8, 4) is 17.2 Å². The van der Waals surface area contributed by atoms with E-state index in [1.165, 1.54) is 38.0 Å². The number of methoxy groups -OCH3 is 3. The normalized spacial score (nSPS) is 18.3. The molecule has 1 aliphatic heterocycles. The molecule has 1 aliphatic carbocycles. The van der Waals surface area contributed by atoms with Gasteiger partial charge in [-0.1, -0.05) is 39.0 Å². The number of amides is 3. The van der Waals surface area contributed by atoms with Crippen molar-refractivity contribution in [1.82, 2.24) is 0 Å². The molecule has 0 saturated carbocycles. The number of urea groups is 1. The molecular weight excluding hydrogens is 400 g/mol. The minimum Gasteiger partial charge on any atom is -0.493 e. The van der Waals surface area contributed by atoms with Gasteiger partial charge in [-0.3, -0.25) is 4.79 Å². The van der Waals surface area contributed by atoms with Crippen molar-refractivity contribution >= 4 is 29.1 Å². The lowest BCUT2D eigenvalue weighted by molar-refractivity contribution is -0.417. The zero-order chi connectivity index (χ0) is 22.9. The molecule has 1 aromatic carbocycles. The number of hydrogen-bond acceptors (Lipinski definition) is 6. The highest BCUT2D eigenvalue weighted by atomic mass is 16.5. The summed E-state index contributed by atoms with van der Waals surface area (Å²) in [5, 5.41) is 0. The number of anilines is 1. The van der Waals surface area contributed by atoms with Crippen LogP contribution in [0.1, 0.15) is 20.8 Å². The minimum atomic E-state index is -0.686. The summed E-state index contributed by atoms with van der Waals surface area (Å²) in [5.41, 5.74) is 0.113. The van der Waals surface area contributed by atoms with Crippen LogP contribution in [0.5, 0.6) is 17.2 Å². The van der Waals surface area contributed by atoms with E-state index < -0.39 is 23.3 Å². The largest absolute Gasteiger partial charge is 0.506 e. The summed E-state index contributed by atoms with van der Waals surface area (Å²) in [4.78, 5) is 40.6. The second-order valence-electron chi connectivity index (χ2n) is 8.25. The number of fused-ring (bicyclic) bond motifs is 1. The molecule has 31 heavy (non-hydrogen) atoms. The first kappa shape index (κ1) is 22.3. The van der Waals surface area contributed by atoms with Crippen LogP contribution in [0, 0.1) is 11.3 Å². The molecule has 3 rings (SSSR count). The first-order valence-electron chi connectivity index (χ1n) is 9.84. The van der Waals surface area contributed by atoms with Crippen molar-refractivity contribution in [1.29, 1.82) is 0 Å². The Balaban J connectivity index is 2.15. The molecule has 2 aliphatic rings. The molecule has 8 nitrogen and oxygen atoms in total. The molecule has 0 radical (unpaired) electrons. The summed E-state index contributed by atoms with van der Waals surface area (Å²) < 4.78 is 17.4. The van der Waals surface area contributed by atoms with Crippen LogP contribution in [0.4, 0.5) is 10.5 Å². The number of allylic oxidation sites excluding steroid dienone is 3. The van der Waals surface area contributed by atoms with E-state index >= 15 is 0 Å². The molecule has 0 aromatic heterocycles. The van der Waals surface area contributed by atoms with E-state index in [4.69, 9.17) is 14.2 Å². The van der Waals surface area contributed by atoms with E-state index in [1.54, 1.807) is 45.1 Å². The lowest BCUT2D eigenvalue weighted by atomic mass is 9.89. The van der Waals surface area contributed by atoms with Crippen molar-refractivity contribution in [3.63, 3.8) is 0 Å². The van der Waals surface area contributed by atoms with Crippen molar-refractivity contribution < 1.29 is 33.2 Å². The van der Waals surface area contributed by atoms with E-state index in [2.05, 4.69) is 0 Å². The Labute approximate surface area is 181 Å². The fraction of sp³-hybridized carbons (Fsp3) is 0.391. The van der Waals surface area contributed by atoms with Crippen molar-refractivity contribution in [2.24, 2.45) is 11.3 Å². The van der Waals surface area contributed by atoms with Crippen molar-refractivity contribution in [2.75, 3.05) is 32.8 Å². The van der Waals surface area contributed by atoms with Crippen LogP contribution < -0.4 is 19.1 Å². The number of carbonyl (C=O) groups is 3. The third-order valence-corrected chi connectivity index (χ3v) is 5.27. The first-order valence-corrected chi connectivity index (χ1v) is 9.84. The predicted molar refractivity (Wildman–Crippen MR) is 115 cm³/mol. The Morgan fingerprint density at radius 1 is 1.03 bits per heavy atom. The lowest BCUT2D eigenvalue weighted by Gasteiger charge is -2.28. The predicted octanol–water partition coefficient (Wildman–Crippen LogP) is 2.99. The van der Waals surface area contributed by atoms with Gasteiger partial charge in [0.1, 0.15) is 17.3 Å². The molecular formula is C23H27N2O6+. The van der Waals surface area contributed by atoms with Gasteiger partial charge in [-0.2, -0.15) is 9.37 Å². The SMILES string of the molecule is COc1cc(N2C(=O)C3C=CC=CC3=[N+](CC(=O)C(C)(C)C)C2=O)cc(OC)c1OC. The average Bonchev–Trinajstić information content (AvgIpc) is 2.75. The zero-order valence-electron chi connectivity index (χ0n) is 18.6. The van der Waals surface area contributed by atoms with Gasteiger partial charge in [0.25, 0.3) is 0 Å². The van der Waals surface area contributed by atoms with Crippen molar-refractivity contribution in [3.05, 3.63) is 36.4 Å². The summed E-state index contributed by atoms with van der Waals surface area (Å²) in [6.45, 7) is 5.25. The molecule has 3 amide bonds. The Morgan fingerprint density at radius 2 is 1.65 bits per heavy atom. The molecule has 0 fully saturated rings. The maximum atomic E-state index is 13.5. The van der Waals surface area contributed by atoms with Crippen LogP contribution in [0.3, 0.4) is 0 Å². The van der Waals surface area contributed by atoms with E-state index in [-0.39, 0.29) is 18.0 Å². The van der Waals surface area contributed by atoms with Crippen LogP contribution in [-0.4, -0.2) is 55.9 Å². The summed E-state index contributed by atoms with van der Waals surface area (Å²) in [5.74, 6) is -0.261. The number of Topliss-reactive ketones (excluding diaryl/α,β-unsaturated/α-hetero) is 1. The Hall–Kier alpha value is -3.42. The van der Waals surface area contributed by atoms with Gasteiger partial charge in [0.15, 0.2) is 23.8 Å². The Bertz CT molecular complexity index is 1000. The van der Waals surface area contributed by atoms with E-state index in [9.17, 15) is 14.4 Å². The number of rotatable bonds is 6. The number of ether oxygens (including phenoxy) is 3. The van der Waals surface area contributed by atoms with E-state index in [0.29, 0.717) is 23.0 Å². The lowest BCUT2D eigenvalue weighted by Crippen LogP contribution is -2.56. The van der Waals surface area contributed by atoms with Gasteiger partial charge >= 0.3 is 11.9 Å². The number of ketones is 1. The maximum Gasteiger partial charge on any atom is 0.506 e. The summed E-state index contributed by atoms with van der Waals surface area (Å²) in [6, 6.07) is 2.46. The molecule has 0 saturated heterocycles. The maximum absolute atomic E-state index is 13.5. The molecule has 1 unspecified atom stereocenters. The van der Waals surface area contributed by atoms with Gasteiger partial charge < -0.3 is 14.2 Å². The number of hydrogen-bond donors (Lipinski definition) is 0. The summed E-state index contributed by atoms with van der Waals surface area (Å²) >= 11 is 0. The first-order chi connectivity index (χ1) is 14.6. The smallest absolute Gasteiger partial charge is 0.493 e. The van der Waals surface area contributed by atoms with Crippen LogP contribution in [0.2, 0.25) is 0 Å². The molecule has 0 N–H and O–H groups in total. The monoisotopic (exact) mass is 427 g/mol. The molecule has 0 bridgehead atoms.